The normalized spacial score (nSPS) is 18.9. The van der Waals surface area contributed by atoms with E-state index in [4.69, 9.17) is 0 Å². The lowest BCUT2D eigenvalue weighted by Gasteiger charge is -2.25. The first-order valence-corrected chi connectivity index (χ1v) is 8.87. The Morgan fingerprint density at radius 2 is 1.46 bits per heavy atom. The van der Waals surface area contributed by atoms with Crippen LogP contribution in [-0.4, -0.2) is 35.3 Å². The largest absolute Gasteiger partial charge is 0.356 e. The van der Waals surface area contributed by atoms with E-state index in [-0.39, 0.29) is 5.56 Å². The van der Waals surface area contributed by atoms with Crippen LogP contribution >= 0.6 is 0 Å². The summed E-state index contributed by atoms with van der Waals surface area (Å²) >= 11 is 0. The van der Waals surface area contributed by atoms with E-state index < -0.39 is 17.4 Å². The third-order valence-electron chi connectivity index (χ3n) is 4.80. The van der Waals surface area contributed by atoms with E-state index in [2.05, 4.69) is 4.99 Å². The summed E-state index contributed by atoms with van der Waals surface area (Å²) in [5.41, 5.74) is 0.000399. The number of rotatable bonds is 3. The van der Waals surface area contributed by atoms with Gasteiger partial charge in [0.05, 0.1) is 11.4 Å². The van der Waals surface area contributed by atoms with Crippen LogP contribution in [-0.2, 0) is 4.79 Å². The van der Waals surface area contributed by atoms with Crippen LogP contribution in [0.1, 0.15) is 21.5 Å². The van der Waals surface area contributed by atoms with E-state index >= 15 is 0 Å². The zero-order valence-corrected chi connectivity index (χ0v) is 15.2. The molecule has 1 heterocycles. The van der Waals surface area contributed by atoms with E-state index in [1.165, 1.54) is 11.9 Å². The van der Waals surface area contributed by atoms with Gasteiger partial charge in [-0.1, -0.05) is 78.9 Å². The maximum atomic E-state index is 13.2. The Bertz CT molecular complexity index is 1080. The molecule has 0 saturated carbocycles. The summed E-state index contributed by atoms with van der Waals surface area (Å²) in [6, 6.07) is 24.7. The van der Waals surface area contributed by atoms with Crippen LogP contribution in [0.25, 0.3) is 0 Å². The number of nitrogens with zero attached hydrogens (tertiary/aromatic N) is 2. The molecule has 1 aliphatic rings. The van der Waals surface area contributed by atoms with Gasteiger partial charge in [0.1, 0.15) is 0 Å². The molecule has 0 radical (unpaired) electrons. The molecule has 4 rings (SSSR count). The molecule has 0 fully saturated rings. The molecule has 1 amide bonds. The minimum atomic E-state index is -2.56. The number of benzodiazepines with no additional fused rings is 1. The number of fused-ring (bicyclic) bond motifs is 1. The number of benzene rings is 3. The summed E-state index contributed by atoms with van der Waals surface area (Å²) in [6.45, 7) is 0. The van der Waals surface area contributed by atoms with Gasteiger partial charge < -0.3 is 10.0 Å². The first-order valence-electron chi connectivity index (χ1n) is 8.87. The molecule has 3 aromatic rings. The van der Waals surface area contributed by atoms with Gasteiger partial charge in [0, 0.05) is 23.7 Å². The molecule has 1 atom stereocenters. The molecule has 0 spiro atoms. The van der Waals surface area contributed by atoms with Crippen LogP contribution in [0.5, 0.6) is 0 Å². The van der Waals surface area contributed by atoms with Crippen molar-refractivity contribution >= 4 is 23.1 Å². The zero-order valence-electron chi connectivity index (χ0n) is 15.2. The second kappa shape index (κ2) is 6.87. The number of hydrogen-bond acceptors (Lipinski definition) is 4. The lowest BCUT2D eigenvalue weighted by atomic mass is 9.98. The van der Waals surface area contributed by atoms with Crippen molar-refractivity contribution in [1.82, 2.24) is 0 Å². The molecule has 5 nitrogen and oxygen atoms in total. The van der Waals surface area contributed by atoms with Crippen LogP contribution in [0.4, 0.5) is 5.69 Å². The first kappa shape index (κ1) is 17.8. The molecular weight excluding hydrogens is 352 g/mol. The Hall–Kier alpha value is -3.57. The Morgan fingerprint density at radius 1 is 0.893 bits per heavy atom. The van der Waals surface area contributed by atoms with Crippen molar-refractivity contribution in [2.45, 2.75) is 5.72 Å². The maximum absolute atomic E-state index is 13.2. The number of Topliss-reactive ketones (excluding diaryl/α,β-unsaturated/α-hetero) is 1. The molecule has 1 N–H and O–H groups in total. The van der Waals surface area contributed by atoms with E-state index in [0.717, 1.165) is 0 Å². The molecule has 1 aliphatic heterocycles. The van der Waals surface area contributed by atoms with Crippen molar-refractivity contribution in [3.05, 3.63) is 102 Å². The van der Waals surface area contributed by atoms with Crippen LogP contribution in [0.15, 0.2) is 89.9 Å². The summed E-state index contributed by atoms with van der Waals surface area (Å²) in [5.74, 6) is -1.55. The van der Waals surface area contributed by atoms with Crippen molar-refractivity contribution in [3.8, 4) is 0 Å². The summed E-state index contributed by atoms with van der Waals surface area (Å²) in [6.07, 6.45) is 0. The van der Waals surface area contributed by atoms with Crippen molar-refractivity contribution in [1.29, 1.82) is 0 Å². The van der Waals surface area contributed by atoms with Crippen LogP contribution < -0.4 is 4.90 Å². The topological polar surface area (TPSA) is 70.0 Å². The number of aliphatic hydroxyl groups is 1. The van der Waals surface area contributed by atoms with Gasteiger partial charge in [0.25, 0.3) is 5.91 Å². The third kappa shape index (κ3) is 2.82. The Balaban J connectivity index is 1.98. The lowest BCUT2D eigenvalue weighted by Crippen LogP contribution is -2.51. The predicted molar refractivity (Wildman–Crippen MR) is 108 cm³/mol. The number of likely N-dealkylation sites (N-methyl/N-ethyl adjacent to an activating group) is 1. The maximum Gasteiger partial charge on any atom is 0.302 e. The SMILES string of the molecule is CN1C(=O)C(O)(C(=O)c2ccccc2)N=C(c2ccccc2)c2ccccc21. The molecule has 1 unspecified atom stereocenters. The highest BCUT2D eigenvalue weighted by Gasteiger charge is 2.49. The molecular formula is C23H18N2O3. The zero-order chi connectivity index (χ0) is 19.7. The minimum Gasteiger partial charge on any atom is -0.356 e. The molecule has 138 valence electrons. The van der Waals surface area contributed by atoms with Crippen molar-refractivity contribution < 1.29 is 14.7 Å². The van der Waals surface area contributed by atoms with E-state index in [0.29, 0.717) is 22.5 Å². The Kier molecular flexibility index (Phi) is 4.37. The van der Waals surface area contributed by atoms with E-state index in [1.807, 2.05) is 42.5 Å². The van der Waals surface area contributed by atoms with Crippen LogP contribution in [0.3, 0.4) is 0 Å². The fourth-order valence-electron chi connectivity index (χ4n) is 3.33. The number of aliphatic imine (C=N–C) groups is 1. The fourth-order valence-corrected chi connectivity index (χ4v) is 3.33. The molecule has 0 aromatic heterocycles. The van der Waals surface area contributed by atoms with Gasteiger partial charge in [-0.2, -0.15) is 0 Å². The lowest BCUT2D eigenvalue weighted by molar-refractivity contribution is -0.131. The Morgan fingerprint density at radius 3 is 2.14 bits per heavy atom. The second-order valence-electron chi connectivity index (χ2n) is 6.58. The van der Waals surface area contributed by atoms with Gasteiger partial charge in [-0.15, -0.1) is 0 Å². The summed E-state index contributed by atoms with van der Waals surface area (Å²) < 4.78 is 0. The molecule has 3 aromatic carbocycles. The molecule has 0 saturated heterocycles. The van der Waals surface area contributed by atoms with Gasteiger partial charge in [0.2, 0.25) is 5.78 Å². The minimum absolute atomic E-state index is 0.217. The highest BCUT2D eigenvalue weighted by Crippen LogP contribution is 2.32. The van der Waals surface area contributed by atoms with Gasteiger partial charge in [-0.3, -0.25) is 9.59 Å². The molecule has 5 heteroatoms. The number of carbonyl (C=O) groups excluding carboxylic acids is 2. The standard InChI is InChI=1S/C23H18N2O3/c1-25-19-15-9-8-14-18(19)20(16-10-4-2-5-11-16)24-23(28,22(25)27)21(26)17-12-6-3-7-13-17/h2-15,28H,1H3. The van der Waals surface area contributed by atoms with Crippen molar-refractivity contribution in [3.63, 3.8) is 0 Å². The van der Waals surface area contributed by atoms with Gasteiger partial charge in [-0.05, 0) is 6.07 Å². The second-order valence-corrected chi connectivity index (χ2v) is 6.58. The summed E-state index contributed by atoms with van der Waals surface area (Å²) in [7, 11) is 1.54. The number of anilines is 1. The number of hydrogen-bond donors (Lipinski definition) is 1. The van der Waals surface area contributed by atoms with Gasteiger partial charge >= 0.3 is 5.72 Å². The van der Waals surface area contributed by atoms with Gasteiger partial charge in [0.15, 0.2) is 0 Å². The van der Waals surface area contributed by atoms with E-state index in [1.54, 1.807) is 42.5 Å². The number of ketones is 1. The molecule has 0 bridgehead atoms. The van der Waals surface area contributed by atoms with Crippen LogP contribution in [0, 0.1) is 0 Å². The quantitative estimate of drug-likeness (QED) is 0.569. The van der Waals surface area contributed by atoms with Crippen molar-refractivity contribution in [2.75, 3.05) is 11.9 Å². The third-order valence-corrected chi connectivity index (χ3v) is 4.80. The predicted octanol–water partition coefficient (Wildman–Crippen LogP) is 3.07. The Labute approximate surface area is 162 Å². The van der Waals surface area contributed by atoms with Crippen molar-refractivity contribution in [2.24, 2.45) is 4.99 Å². The average molecular weight is 370 g/mol. The monoisotopic (exact) mass is 370 g/mol. The smallest absolute Gasteiger partial charge is 0.302 e. The van der Waals surface area contributed by atoms with Crippen LogP contribution in [0.2, 0.25) is 0 Å². The van der Waals surface area contributed by atoms with Gasteiger partial charge in [-0.25, -0.2) is 4.99 Å². The highest BCUT2D eigenvalue weighted by atomic mass is 16.3. The number of para-hydroxylation sites is 1. The molecule has 0 aliphatic carbocycles. The van der Waals surface area contributed by atoms with E-state index in [9.17, 15) is 14.7 Å². The first-order chi connectivity index (χ1) is 13.5. The molecule has 28 heavy (non-hydrogen) atoms. The number of amides is 1. The fraction of sp³-hybridized carbons (Fsp3) is 0.0870. The summed E-state index contributed by atoms with van der Waals surface area (Å²) in [4.78, 5) is 32.0. The highest BCUT2D eigenvalue weighted by molar-refractivity contribution is 6.27. The summed E-state index contributed by atoms with van der Waals surface area (Å²) in [5, 5.41) is 11.3. The average Bonchev–Trinajstić information content (AvgIpc) is 2.84. The number of carbonyl (C=O) groups is 2.